The lowest BCUT2D eigenvalue weighted by Gasteiger charge is -2.35. The third-order valence-electron chi connectivity index (χ3n) is 7.78. The van der Waals surface area contributed by atoms with Crippen molar-refractivity contribution < 1.29 is 18.3 Å². The van der Waals surface area contributed by atoms with Crippen LogP contribution in [0.15, 0.2) is 53.4 Å². The van der Waals surface area contributed by atoms with Gasteiger partial charge in [-0.15, -0.1) is 37.2 Å². The summed E-state index contributed by atoms with van der Waals surface area (Å²) in [5, 5.41) is 19.1. The van der Waals surface area contributed by atoms with E-state index in [2.05, 4.69) is 15.7 Å². The Morgan fingerprint density at radius 2 is 1.64 bits per heavy atom. The second-order valence-corrected chi connectivity index (χ2v) is 12.0. The number of fused-ring (bicyclic) bond motifs is 1. The summed E-state index contributed by atoms with van der Waals surface area (Å²) in [5.41, 5.74) is 2.01. The molecule has 5 rings (SSSR count). The van der Waals surface area contributed by atoms with Gasteiger partial charge in [-0.3, -0.25) is 9.62 Å². The Kier molecular flexibility index (Phi) is 13.1. The number of carboxylic acids is 1. The van der Waals surface area contributed by atoms with Crippen molar-refractivity contribution in [1.29, 1.82) is 5.26 Å². The van der Waals surface area contributed by atoms with Gasteiger partial charge in [-0.2, -0.15) is 5.26 Å². The summed E-state index contributed by atoms with van der Waals surface area (Å²) < 4.78 is 28.9. The van der Waals surface area contributed by atoms with Crippen molar-refractivity contribution >= 4 is 75.6 Å². The molecule has 0 amide bonds. The van der Waals surface area contributed by atoms with Gasteiger partial charge in [0.25, 0.3) is 10.0 Å². The third kappa shape index (κ3) is 8.17. The molecular weight excluding hydrogens is 621 g/mol. The first-order chi connectivity index (χ1) is 18.8. The highest BCUT2D eigenvalue weighted by Crippen LogP contribution is 2.33. The summed E-state index contributed by atoms with van der Waals surface area (Å²) in [6.45, 7) is 3.62. The SMILES string of the molecule is Cl.Cl.Cl.N#CCCN1CCN(c2cc(C(=O)O)c3cc(NS(=O)(=O)c4ccc(C5CCCCC5)cc4)ccc3n2)CC1. The number of hydrogen-bond donors (Lipinski definition) is 2. The standard InChI is InChI=1S/C29H33N5O4S.3ClH/c30-13-4-14-33-15-17-34(18-16-33)28-20-26(29(35)36)25-19-23(9-12-27(25)31-28)32-39(37,38)24-10-7-22(8-11-24)21-5-2-1-3-6-21;;;/h7-12,19-21,32H,1-6,14-18H2,(H,35,36);3*1H. The molecule has 2 aliphatic rings. The number of nitrogens with zero attached hydrogens (tertiary/aromatic N) is 4. The fourth-order valence-corrected chi connectivity index (χ4v) is 6.64. The highest BCUT2D eigenvalue weighted by atomic mass is 35.5. The molecule has 0 spiro atoms. The van der Waals surface area contributed by atoms with Crippen LogP contribution in [0.1, 0.15) is 60.4 Å². The van der Waals surface area contributed by atoms with E-state index in [-0.39, 0.29) is 53.4 Å². The van der Waals surface area contributed by atoms with Crippen LogP contribution in [-0.2, 0) is 10.0 Å². The Bertz CT molecular complexity index is 1500. The highest BCUT2D eigenvalue weighted by Gasteiger charge is 2.22. The number of hydrogen-bond acceptors (Lipinski definition) is 7. The molecule has 2 fully saturated rings. The average Bonchev–Trinajstić information content (AvgIpc) is 2.96. The zero-order valence-corrected chi connectivity index (χ0v) is 26.3. The van der Waals surface area contributed by atoms with Crippen LogP contribution in [0.2, 0.25) is 0 Å². The fourth-order valence-electron chi connectivity index (χ4n) is 5.59. The van der Waals surface area contributed by atoms with Crippen molar-refractivity contribution in [2.75, 3.05) is 42.3 Å². The molecule has 0 unspecified atom stereocenters. The molecule has 1 aliphatic heterocycles. The number of anilines is 2. The quantitative estimate of drug-likeness (QED) is 0.299. The van der Waals surface area contributed by atoms with Gasteiger partial charge in [0, 0.05) is 50.2 Å². The molecule has 2 heterocycles. The molecule has 1 aliphatic carbocycles. The second-order valence-electron chi connectivity index (χ2n) is 10.3. The molecule has 0 radical (unpaired) electrons. The summed E-state index contributed by atoms with van der Waals surface area (Å²) in [7, 11) is -3.85. The van der Waals surface area contributed by atoms with Crippen LogP contribution in [-0.4, -0.2) is 62.1 Å². The number of halogens is 3. The first-order valence-corrected chi connectivity index (χ1v) is 15.0. The number of benzene rings is 2. The number of aromatic carboxylic acids is 1. The summed E-state index contributed by atoms with van der Waals surface area (Å²) in [6.07, 6.45) is 6.45. The Morgan fingerprint density at radius 3 is 2.26 bits per heavy atom. The van der Waals surface area contributed by atoms with Gasteiger partial charge >= 0.3 is 5.97 Å². The van der Waals surface area contributed by atoms with Gasteiger partial charge in [0.2, 0.25) is 0 Å². The van der Waals surface area contributed by atoms with Crippen LogP contribution in [0.25, 0.3) is 10.9 Å². The van der Waals surface area contributed by atoms with E-state index in [1.165, 1.54) is 30.9 Å². The van der Waals surface area contributed by atoms with Gasteiger partial charge in [-0.1, -0.05) is 31.4 Å². The predicted octanol–water partition coefficient (Wildman–Crippen LogP) is 6.08. The second kappa shape index (κ2) is 15.6. The highest BCUT2D eigenvalue weighted by molar-refractivity contribution is 7.92. The number of carbonyl (C=O) groups is 1. The summed E-state index contributed by atoms with van der Waals surface area (Å²) in [5.74, 6) is -0.0379. The van der Waals surface area contributed by atoms with Gasteiger partial charge in [-0.25, -0.2) is 18.2 Å². The van der Waals surface area contributed by atoms with Gasteiger partial charge in [0.15, 0.2) is 0 Å². The first kappa shape index (κ1) is 35.4. The molecule has 13 heteroatoms. The molecule has 42 heavy (non-hydrogen) atoms. The number of sulfonamides is 1. The van der Waals surface area contributed by atoms with E-state index in [1.807, 2.05) is 17.0 Å². The van der Waals surface area contributed by atoms with Crippen LogP contribution in [0.4, 0.5) is 11.5 Å². The topological polar surface area (TPSA) is 127 Å². The number of piperazine rings is 1. The Labute approximate surface area is 265 Å². The molecule has 228 valence electrons. The number of aromatic nitrogens is 1. The number of pyridine rings is 1. The summed E-state index contributed by atoms with van der Waals surface area (Å²) >= 11 is 0. The number of carboxylic acid groups (broad SMARTS) is 1. The van der Waals surface area contributed by atoms with Crippen molar-refractivity contribution in [2.24, 2.45) is 0 Å². The monoisotopic (exact) mass is 655 g/mol. The Hall–Kier alpha value is -2.81. The minimum Gasteiger partial charge on any atom is -0.478 e. The van der Waals surface area contributed by atoms with Crippen molar-refractivity contribution in [3.63, 3.8) is 0 Å². The lowest BCUT2D eigenvalue weighted by atomic mass is 9.84. The molecule has 2 aromatic carbocycles. The van der Waals surface area contributed by atoms with E-state index >= 15 is 0 Å². The van der Waals surface area contributed by atoms with E-state index in [9.17, 15) is 18.3 Å². The fraction of sp³-hybridized carbons (Fsp3) is 0.414. The van der Waals surface area contributed by atoms with Crippen LogP contribution in [0.3, 0.4) is 0 Å². The normalized spacial score (nSPS) is 15.9. The predicted molar refractivity (Wildman–Crippen MR) is 172 cm³/mol. The minimum absolute atomic E-state index is 0. The van der Waals surface area contributed by atoms with E-state index < -0.39 is 16.0 Å². The zero-order chi connectivity index (χ0) is 27.4. The molecule has 1 saturated carbocycles. The van der Waals surface area contributed by atoms with Gasteiger partial charge in [-0.05, 0) is 60.7 Å². The maximum Gasteiger partial charge on any atom is 0.336 e. The van der Waals surface area contributed by atoms with E-state index in [0.717, 1.165) is 32.5 Å². The van der Waals surface area contributed by atoms with Crippen molar-refractivity contribution in [1.82, 2.24) is 9.88 Å². The van der Waals surface area contributed by atoms with Crippen LogP contribution in [0.5, 0.6) is 0 Å². The van der Waals surface area contributed by atoms with Crippen LogP contribution < -0.4 is 9.62 Å². The number of nitriles is 1. The molecule has 3 aromatic rings. The van der Waals surface area contributed by atoms with E-state index in [4.69, 9.17) is 10.2 Å². The average molecular weight is 657 g/mol. The first-order valence-electron chi connectivity index (χ1n) is 13.5. The molecule has 1 aromatic heterocycles. The molecular formula is C29H36Cl3N5O4S. The Morgan fingerprint density at radius 1 is 0.976 bits per heavy atom. The molecule has 0 bridgehead atoms. The smallest absolute Gasteiger partial charge is 0.336 e. The maximum atomic E-state index is 13.1. The maximum absolute atomic E-state index is 13.1. The lowest BCUT2D eigenvalue weighted by molar-refractivity contribution is 0.0699. The molecule has 0 atom stereocenters. The van der Waals surface area contributed by atoms with Crippen LogP contribution in [0, 0.1) is 11.3 Å². The van der Waals surface area contributed by atoms with Crippen LogP contribution >= 0.6 is 37.2 Å². The van der Waals surface area contributed by atoms with E-state index in [1.54, 1.807) is 30.3 Å². The van der Waals surface area contributed by atoms with E-state index in [0.29, 0.717) is 42.1 Å². The van der Waals surface area contributed by atoms with Gasteiger partial charge in [0.1, 0.15) is 5.82 Å². The summed E-state index contributed by atoms with van der Waals surface area (Å²) in [6, 6.07) is 15.6. The van der Waals surface area contributed by atoms with Gasteiger partial charge < -0.3 is 10.0 Å². The zero-order valence-electron chi connectivity index (χ0n) is 23.1. The van der Waals surface area contributed by atoms with Crippen molar-refractivity contribution in [3.05, 3.63) is 59.7 Å². The molecule has 1 saturated heterocycles. The largest absolute Gasteiger partial charge is 0.478 e. The van der Waals surface area contributed by atoms with Gasteiger partial charge in [0.05, 0.1) is 22.0 Å². The number of nitrogens with one attached hydrogen (secondary N) is 1. The van der Waals surface area contributed by atoms with Crippen molar-refractivity contribution in [2.45, 2.75) is 49.3 Å². The van der Waals surface area contributed by atoms with Crippen molar-refractivity contribution in [3.8, 4) is 6.07 Å². The molecule has 9 nitrogen and oxygen atoms in total. The minimum atomic E-state index is -3.85. The lowest BCUT2D eigenvalue weighted by Crippen LogP contribution is -2.46. The summed E-state index contributed by atoms with van der Waals surface area (Å²) in [4.78, 5) is 21.3. The number of rotatable bonds is 8. The third-order valence-corrected chi connectivity index (χ3v) is 9.18. The Balaban J connectivity index is 0.00000205. The molecule has 2 N–H and O–H groups in total.